The molecule has 152 valence electrons. The van der Waals surface area contributed by atoms with E-state index in [4.69, 9.17) is 11.2 Å². The zero-order chi connectivity index (χ0) is 20.8. The Morgan fingerprint density at radius 2 is 2.04 bits per heavy atom. The van der Waals surface area contributed by atoms with Crippen molar-refractivity contribution < 1.29 is 27.8 Å². The third-order valence-corrected chi connectivity index (χ3v) is 4.33. The third kappa shape index (κ3) is 6.23. The number of carbonyl (C=O) groups excluding carboxylic acids is 1. The number of aliphatic hydroxyl groups excluding tert-OH is 1. The Bertz CT molecular complexity index is 753. The molecule has 0 bridgehead atoms. The van der Waals surface area contributed by atoms with Crippen molar-refractivity contribution in [2.24, 2.45) is 10.2 Å². The van der Waals surface area contributed by atoms with Crippen LogP contribution < -0.4 is 4.74 Å². The Balaban J connectivity index is 1.78. The highest BCUT2D eigenvalue weighted by Gasteiger charge is 2.39. The molecule has 0 radical (unpaired) electrons. The lowest BCUT2D eigenvalue weighted by Crippen LogP contribution is -2.37. The van der Waals surface area contributed by atoms with Gasteiger partial charge in [-0.2, -0.15) is 23.4 Å². The number of halogens is 3. The lowest BCUT2D eigenvalue weighted by atomic mass is 10.0. The van der Waals surface area contributed by atoms with Crippen LogP contribution in [0.25, 0.3) is 0 Å². The SMILES string of the molecule is C#CCCC1(CCC(=O)N(C)CC(O)COc2ccccc2C(F)(F)F)N=N1. The van der Waals surface area contributed by atoms with Gasteiger partial charge in [-0.15, -0.1) is 12.3 Å². The van der Waals surface area contributed by atoms with Gasteiger partial charge in [-0.1, -0.05) is 12.1 Å². The molecule has 1 aliphatic heterocycles. The Morgan fingerprint density at radius 1 is 1.36 bits per heavy atom. The fourth-order valence-corrected chi connectivity index (χ4v) is 2.65. The summed E-state index contributed by atoms with van der Waals surface area (Å²) in [5.41, 5.74) is -1.48. The van der Waals surface area contributed by atoms with Gasteiger partial charge in [0.1, 0.15) is 18.5 Å². The Kier molecular flexibility index (Phi) is 7.02. The van der Waals surface area contributed by atoms with E-state index in [0.29, 0.717) is 19.3 Å². The number of aliphatic hydroxyl groups is 1. The fraction of sp³-hybridized carbons (Fsp3) is 0.526. The maximum atomic E-state index is 12.9. The van der Waals surface area contributed by atoms with Crippen LogP contribution in [0.4, 0.5) is 13.2 Å². The van der Waals surface area contributed by atoms with Crippen LogP contribution in [0.15, 0.2) is 34.5 Å². The Morgan fingerprint density at radius 3 is 2.64 bits per heavy atom. The molecule has 1 amide bonds. The minimum absolute atomic E-state index is 0.0708. The van der Waals surface area contributed by atoms with E-state index in [0.717, 1.165) is 6.07 Å². The van der Waals surface area contributed by atoms with Crippen LogP contribution >= 0.6 is 0 Å². The Hall–Kier alpha value is -2.60. The first-order valence-corrected chi connectivity index (χ1v) is 8.75. The predicted octanol–water partition coefficient (Wildman–Crippen LogP) is 3.26. The molecule has 0 aromatic heterocycles. The van der Waals surface area contributed by atoms with Crippen LogP contribution in [-0.2, 0) is 11.0 Å². The summed E-state index contributed by atoms with van der Waals surface area (Å²) < 4.78 is 43.9. The average molecular weight is 397 g/mol. The van der Waals surface area contributed by atoms with Gasteiger partial charge in [-0.25, -0.2) is 0 Å². The van der Waals surface area contributed by atoms with Crippen molar-refractivity contribution in [1.29, 1.82) is 0 Å². The van der Waals surface area contributed by atoms with E-state index in [9.17, 15) is 23.1 Å². The van der Waals surface area contributed by atoms with Crippen LogP contribution in [0.2, 0.25) is 0 Å². The molecule has 0 saturated carbocycles. The van der Waals surface area contributed by atoms with Crippen molar-refractivity contribution in [3.05, 3.63) is 29.8 Å². The number of terminal acetylenes is 1. The summed E-state index contributed by atoms with van der Waals surface area (Å²) in [7, 11) is 1.50. The van der Waals surface area contributed by atoms with Crippen molar-refractivity contribution in [3.8, 4) is 18.1 Å². The zero-order valence-corrected chi connectivity index (χ0v) is 15.4. The molecule has 1 unspecified atom stereocenters. The maximum absolute atomic E-state index is 12.9. The van der Waals surface area contributed by atoms with Gasteiger partial charge in [-0.05, 0) is 12.1 Å². The van der Waals surface area contributed by atoms with Gasteiger partial charge in [0.15, 0.2) is 5.66 Å². The quantitative estimate of drug-likeness (QED) is 0.616. The lowest BCUT2D eigenvalue weighted by Gasteiger charge is -2.22. The van der Waals surface area contributed by atoms with Gasteiger partial charge in [0.25, 0.3) is 0 Å². The second-order valence-electron chi connectivity index (χ2n) is 6.62. The summed E-state index contributed by atoms with van der Waals surface area (Å²) in [6, 6.07) is 4.76. The largest absolute Gasteiger partial charge is 0.490 e. The van der Waals surface area contributed by atoms with E-state index in [1.165, 1.54) is 30.1 Å². The van der Waals surface area contributed by atoms with Gasteiger partial charge < -0.3 is 14.7 Å². The van der Waals surface area contributed by atoms with Gasteiger partial charge in [0, 0.05) is 39.3 Å². The molecule has 1 aliphatic rings. The van der Waals surface area contributed by atoms with Crippen molar-refractivity contribution in [1.82, 2.24) is 4.90 Å². The summed E-state index contributed by atoms with van der Waals surface area (Å²) in [6.07, 6.45) is 1.25. The van der Waals surface area contributed by atoms with Gasteiger partial charge in [-0.3, -0.25) is 4.79 Å². The molecule has 1 aromatic carbocycles. The lowest BCUT2D eigenvalue weighted by molar-refractivity contribution is -0.139. The number of amides is 1. The maximum Gasteiger partial charge on any atom is 0.419 e. The summed E-state index contributed by atoms with van der Waals surface area (Å²) in [6.45, 7) is -0.444. The molecule has 0 aliphatic carbocycles. The van der Waals surface area contributed by atoms with Gasteiger partial charge >= 0.3 is 6.18 Å². The number of benzene rings is 1. The number of nitrogens with zero attached hydrogens (tertiary/aromatic N) is 3. The standard InChI is InChI=1S/C19H22F3N3O3/c1-3-4-10-18(23-24-18)11-9-17(27)25(2)12-14(26)13-28-16-8-6-5-7-15(16)19(20,21)22/h1,5-8,14,26H,4,9-13H2,2H3. The zero-order valence-electron chi connectivity index (χ0n) is 15.4. The smallest absolute Gasteiger partial charge is 0.419 e. The normalized spacial score (nSPS) is 15.6. The minimum Gasteiger partial charge on any atom is -0.490 e. The Labute approximate surface area is 161 Å². The number of rotatable bonds is 10. The second-order valence-corrected chi connectivity index (χ2v) is 6.62. The fourth-order valence-electron chi connectivity index (χ4n) is 2.65. The van der Waals surface area contributed by atoms with Crippen molar-refractivity contribution in [2.75, 3.05) is 20.2 Å². The summed E-state index contributed by atoms with van der Waals surface area (Å²) in [4.78, 5) is 13.5. The number of carbonyl (C=O) groups is 1. The van der Waals surface area contributed by atoms with Crippen LogP contribution in [0, 0.1) is 12.3 Å². The topological polar surface area (TPSA) is 74.5 Å². The van der Waals surface area contributed by atoms with E-state index in [1.54, 1.807) is 0 Å². The third-order valence-electron chi connectivity index (χ3n) is 4.33. The molecule has 2 rings (SSSR count). The summed E-state index contributed by atoms with van der Waals surface area (Å²) in [5, 5.41) is 17.9. The number of hydrogen-bond donors (Lipinski definition) is 1. The highest BCUT2D eigenvalue weighted by molar-refractivity contribution is 5.76. The van der Waals surface area contributed by atoms with E-state index >= 15 is 0 Å². The van der Waals surface area contributed by atoms with Crippen molar-refractivity contribution in [3.63, 3.8) is 0 Å². The molecule has 1 atom stereocenters. The van der Waals surface area contributed by atoms with E-state index in [-0.39, 0.29) is 31.2 Å². The molecule has 1 heterocycles. The highest BCUT2D eigenvalue weighted by Crippen LogP contribution is 2.38. The molecule has 0 saturated heterocycles. The molecular weight excluding hydrogens is 375 g/mol. The molecule has 28 heavy (non-hydrogen) atoms. The first-order valence-electron chi connectivity index (χ1n) is 8.75. The minimum atomic E-state index is -4.55. The number of likely N-dealkylation sites (N-methyl/N-ethyl adjacent to an activating group) is 1. The molecular formula is C19H22F3N3O3. The predicted molar refractivity (Wildman–Crippen MR) is 95.5 cm³/mol. The molecule has 9 heteroatoms. The van der Waals surface area contributed by atoms with Crippen LogP contribution in [0.1, 0.15) is 31.2 Å². The van der Waals surface area contributed by atoms with E-state index < -0.39 is 23.5 Å². The summed E-state index contributed by atoms with van der Waals surface area (Å²) >= 11 is 0. The summed E-state index contributed by atoms with van der Waals surface area (Å²) in [5.74, 6) is 1.91. The van der Waals surface area contributed by atoms with Crippen LogP contribution in [0.3, 0.4) is 0 Å². The van der Waals surface area contributed by atoms with E-state index in [1.807, 2.05) is 0 Å². The van der Waals surface area contributed by atoms with E-state index in [2.05, 4.69) is 16.1 Å². The number of para-hydroxylation sites is 1. The van der Waals surface area contributed by atoms with Crippen molar-refractivity contribution in [2.45, 2.75) is 43.6 Å². The van der Waals surface area contributed by atoms with Crippen LogP contribution in [0.5, 0.6) is 5.75 Å². The molecule has 6 nitrogen and oxygen atoms in total. The average Bonchev–Trinajstić information content (AvgIpc) is 3.42. The molecule has 0 spiro atoms. The number of alkyl halides is 3. The first kappa shape index (κ1) is 21.7. The first-order chi connectivity index (χ1) is 13.2. The van der Waals surface area contributed by atoms with Crippen LogP contribution in [-0.4, -0.2) is 47.9 Å². The second kappa shape index (κ2) is 9.06. The van der Waals surface area contributed by atoms with Gasteiger partial charge in [0.2, 0.25) is 5.91 Å². The number of hydrogen-bond acceptors (Lipinski definition) is 5. The number of ether oxygens (including phenoxy) is 1. The highest BCUT2D eigenvalue weighted by atomic mass is 19.4. The molecule has 1 N–H and O–H groups in total. The van der Waals surface area contributed by atoms with Gasteiger partial charge in [0.05, 0.1) is 5.56 Å². The van der Waals surface area contributed by atoms with Crippen molar-refractivity contribution >= 4 is 5.91 Å². The monoisotopic (exact) mass is 397 g/mol. The molecule has 1 aromatic rings. The molecule has 0 fully saturated rings.